The van der Waals surface area contributed by atoms with Gasteiger partial charge in [0.2, 0.25) is 0 Å². The summed E-state index contributed by atoms with van der Waals surface area (Å²) >= 11 is 0. The molecular weight excluding hydrogens is 348 g/mol. The normalized spacial score (nSPS) is 11.3. The molecule has 2 aromatic carbocycles. The first kappa shape index (κ1) is 19.7. The van der Waals surface area contributed by atoms with E-state index in [0.717, 1.165) is 29.1 Å². The molecule has 0 saturated heterocycles. The lowest BCUT2D eigenvalue weighted by atomic mass is 9.92. The summed E-state index contributed by atoms with van der Waals surface area (Å²) in [5, 5.41) is 10.7. The summed E-state index contributed by atoms with van der Waals surface area (Å²) in [6, 6.07) is 17.6. The lowest BCUT2D eigenvalue weighted by molar-refractivity contribution is 0.262. The maximum Gasteiger partial charge on any atom is 0.324 e. The Balaban J connectivity index is 1.90. The highest BCUT2D eigenvalue weighted by atomic mass is 16.2. The third-order valence-corrected chi connectivity index (χ3v) is 4.64. The third-order valence-electron chi connectivity index (χ3n) is 4.64. The van der Waals surface area contributed by atoms with Crippen molar-refractivity contribution in [3.05, 3.63) is 71.4 Å². The molecule has 146 valence electrons. The van der Waals surface area contributed by atoms with Crippen molar-refractivity contribution in [2.45, 2.75) is 46.5 Å². The van der Waals surface area contributed by atoms with Crippen LogP contribution in [0.4, 0.5) is 16.3 Å². The van der Waals surface area contributed by atoms with Crippen molar-refractivity contribution >= 4 is 17.5 Å². The van der Waals surface area contributed by atoms with Gasteiger partial charge >= 0.3 is 6.03 Å². The molecule has 28 heavy (non-hydrogen) atoms. The fourth-order valence-electron chi connectivity index (χ4n) is 2.94. The number of carbonyl (C=O) groups is 1. The Morgan fingerprint density at radius 2 is 1.71 bits per heavy atom. The molecule has 0 aliphatic rings. The molecule has 5 nitrogen and oxygen atoms in total. The number of urea groups is 1. The van der Waals surface area contributed by atoms with Crippen LogP contribution in [0.2, 0.25) is 0 Å². The summed E-state index contributed by atoms with van der Waals surface area (Å²) < 4.78 is 1.78. The van der Waals surface area contributed by atoms with E-state index in [1.807, 2.05) is 61.5 Å². The van der Waals surface area contributed by atoms with Crippen LogP contribution in [0.15, 0.2) is 54.6 Å². The molecule has 0 spiro atoms. The van der Waals surface area contributed by atoms with Gasteiger partial charge in [0.15, 0.2) is 0 Å². The van der Waals surface area contributed by atoms with Crippen LogP contribution < -0.4 is 10.6 Å². The SMILES string of the molecule is CCc1ccccc1NC(=O)Nc1cc(C(C)(C)C)nn1-c1ccc(C)cc1. The van der Waals surface area contributed by atoms with Crippen LogP contribution in [0.25, 0.3) is 5.69 Å². The molecule has 2 N–H and O–H groups in total. The first-order chi connectivity index (χ1) is 13.3. The van der Waals surface area contributed by atoms with Crippen LogP contribution >= 0.6 is 0 Å². The number of anilines is 2. The van der Waals surface area contributed by atoms with Gasteiger partial charge in [-0.05, 0) is 37.1 Å². The predicted molar refractivity (Wildman–Crippen MR) is 115 cm³/mol. The van der Waals surface area contributed by atoms with Crippen LogP contribution in [0, 0.1) is 6.92 Å². The number of carbonyl (C=O) groups excluding carboxylic acids is 1. The maximum absolute atomic E-state index is 12.7. The van der Waals surface area contributed by atoms with Crippen molar-refractivity contribution in [1.82, 2.24) is 9.78 Å². The first-order valence-corrected chi connectivity index (χ1v) is 9.61. The molecule has 5 heteroatoms. The van der Waals surface area contributed by atoms with Crippen molar-refractivity contribution < 1.29 is 4.79 Å². The van der Waals surface area contributed by atoms with Gasteiger partial charge in [-0.1, -0.05) is 63.6 Å². The molecule has 0 saturated carbocycles. The highest BCUT2D eigenvalue weighted by molar-refractivity contribution is 5.99. The zero-order chi connectivity index (χ0) is 20.3. The molecule has 0 atom stereocenters. The molecule has 0 aliphatic heterocycles. The van der Waals surface area contributed by atoms with E-state index < -0.39 is 0 Å². The average Bonchev–Trinajstić information content (AvgIpc) is 3.07. The number of hydrogen-bond acceptors (Lipinski definition) is 2. The Morgan fingerprint density at radius 3 is 2.36 bits per heavy atom. The van der Waals surface area contributed by atoms with Crippen LogP contribution in [0.5, 0.6) is 0 Å². The second kappa shape index (κ2) is 7.89. The fraction of sp³-hybridized carbons (Fsp3) is 0.304. The molecule has 3 aromatic rings. The van der Waals surface area contributed by atoms with Gasteiger partial charge in [-0.3, -0.25) is 5.32 Å². The quantitative estimate of drug-likeness (QED) is 0.615. The van der Waals surface area contributed by atoms with E-state index in [1.165, 1.54) is 5.56 Å². The fourth-order valence-corrected chi connectivity index (χ4v) is 2.94. The molecule has 0 radical (unpaired) electrons. The number of aromatic nitrogens is 2. The number of rotatable bonds is 4. The van der Waals surface area contributed by atoms with E-state index in [4.69, 9.17) is 5.10 Å². The largest absolute Gasteiger partial charge is 0.324 e. The van der Waals surface area contributed by atoms with E-state index >= 15 is 0 Å². The molecule has 3 rings (SSSR count). The number of hydrogen-bond donors (Lipinski definition) is 2. The summed E-state index contributed by atoms with van der Waals surface area (Å²) in [6.07, 6.45) is 0.853. The minimum absolute atomic E-state index is 0.127. The van der Waals surface area contributed by atoms with Crippen LogP contribution in [-0.4, -0.2) is 15.8 Å². The topological polar surface area (TPSA) is 59.0 Å². The van der Waals surface area contributed by atoms with Gasteiger partial charge < -0.3 is 5.32 Å². The van der Waals surface area contributed by atoms with E-state index in [9.17, 15) is 4.79 Å². The Kier molecular flexibility index (Phi) is 5.54. The van der Waals surface area contributed by atoms with Gasteiger partial charge in [0.1, 0.15) is 5.82 Å². The van der Waals surface area contributed by atoms with Gasteiger partial charge in [0, 0.05) is 17.2 Å². The Bertz CT molecular complexity index is 965. The van der Waals surface area contributed by atoms with Crippen molar-refractivity contribution in [3.63, 3.8) is 0 Å². The number of nitrogens with zero attached hydrogens (tertiary/aromatic N) is 2. The average molecular weight is 377 g/mol. The lowest BCUT2D eigenvalue weighted by Gasteiger charge is -2.14. The monoisotopic (exact) mass is 376 g/mol. The smallest absolute Gasteiger partial charge is 0.307 e. The number of para-hydroxylation sites is 1. The second-order valence-electron chi connectivity index (χ2n) is 8.00. The minimum Gasteiger partial charge on any atom is -0.307 e. The van der Waals surface area contributed by atoms with Gasteiger partial charge in [0.05, 0.1) is 11.4 Å². The molecule has 0 unspecified atom stereocenters. The van der Waals surface area contributed by atoms with Crippen LogP contribution in [0.3, 0.4) is 0 Å². The summed E-state index contributed by atoms with van der Waals surface area (Å²) in [7, 11) is 0. The van der Waals surface area contributed by atoms with E-state index in [2.05, 4.69) is 38.3 Å². The van der Waals surface area contributed by atoms with E-state index in [0.29, 0.717) is 5.82 Å². The minimum atomic E-state index is -0.283. The van der Waals surface area contributed by atoms with Crippen molar-refractivity contribution in [3.8, 4) is 5.69 Å². The standard InChI is InChI=1S/C23H28N4O/c1-6-17-9-7-8-10-19(17)24-22(28)25-21-15-20(23(3,4)5)26-27(21)18-13-11-16(2)12-14-18/h7-15H,6H2,1-5H3,(H2,24,25,28). The molecule has 0 aliphatic carbocycles. The molecule has 1 aromatic heterocycles. The van der Waals surface area contributed by atoms with Crippen molar-refractivity contribution in [1.29, 1.82) is 0 Å². The summed E-state index contributed by atoms with van der Waals surface area (Å²) in [4.78, 5) is 12.7. The summed E-state index contributed by atoms with van der Waals surface area (Å²) in [5.41, 5.74) is 4.79. The zero-order valence-corrected chi connectivity index (χ0v) is 17.2. The van der Waals surface area contributed by atoms with Crippen LogP contribution in [-0.2, 0) is 11.8 Å². The molecular formula is C23H28N4O. The molecule has 0 fully saturated rings. The second-order valence-corrected chi connectivity index (χ2v) is 8.00. The highest BCUT2D eigenvalue weighted by Crippen LogP contribution is 2.26. The van der Waals surface area contributed by atoms with Crippen molar-refractivity contribution in [2.24, 2.45) is 0 Å². The Morgan fingerprint density at radius 1 is 1.04 bits per heavy atom. The van der Waals surface area contributed by atoms with Gasteiger partial charge in [-0.15, -0.1) is 0 Å². The van der Waals surface area contributed by atoms with Crippen LogP contribution in [0.1, 0.15) is 44.5 Å². The summed E-state index contributed by atoms with van der Waals surface area (Å²) in [5.74, 6) is 0.639. The number of aryl methyl sites for hydroxylation is 2. The first-order valence-electron chi connectivity index (χ1n) is 9.61. The number of nitrogens with one attached hydrogen (secondary N) is 2. The Hall–Kier alpha value is -3.08. The molecule has 0 bridgehead atoms. The third kappa shape index (κ3) is 4.42. The van der Waals surface area contributed by atoms with Crippen molar-refractivity contribution in [2.75, 3.05) is 10.6 Å². The highest BCUT2D eigenvalue weighted by Gasteiger charge is 2.21. The molecule has 1 heterocycles. The van der Waals surface area contributed by atoms with Gasteiger partial charge in [0.25, 0.3) is 0 Å². The van der Waals surface area contributed by atoms with E-state index in [1.54, 1.807) is 4.68 Å². The van der Waals surface area contributed by atoms with Gasteiger partial charge in [-0.2, -0.15) is 5.10 Å². The number of benzene rings is 2. The Labute approximate surface area is 166 Å². The maximum atomic E-state index is 12.7. The van der Waals surface area contributed by atoms with E-state index in [-0.39, 0.29) is 11.4 Å². The molecule has 2 amide bonds. The zero-order valence-electron chi connectivity index (χ0n) is 17.2. The number of amides is 2. The predicted octanol–water partition coefficient (Wildman–Crippen LogP) is 5.68. The lowest BCUT2D eigenvalue weighted by Crippen LogP contribution is -2.22. The summed E-state index contributed by atoms with van der Waals surface area (Å²) in [6.45, 7) is 10.4. The van der Waals surface area contributed by atoms with Gasteiger partial charge in [-0.25, -0.2) is 9.48 Å².